The van der Waals surface area contributed by atoms with Crippen molar-refractivity contribution >= 4 is 21.5 Å². The van der Waals surface area contributed by atoms with Crippen molar-refractivity contribution in [3.8, 4) is 5.75 Å². The maximum Gasteiger partial charge on any atom is 0.325 e. The topological polar surface area (TPSA) is 122 Å². The van der Waals surface area contributed by atoms with Crippen molar-refractivity contribution < 1.29 is 22.8 Å². The van der Waals surface area contributed by atoms with Crippen LogP contribution in [-0.2, 0) is 10.0 Å². The molecule has 21 heavy (non-hydrogen) atoms. The van der Waals surface area contributed by atoms with Gasteiger partial charge in [0, 0.05) is 6.20 Å². The van der Waals surface area contributed by atoms with Crippen molar-refractivity contribution in [1.29, 1.82) is 0 Å². The number of sulfonamides is 1. The molecule has 110 valence electrons. The Morgan fingerprint density at radius 1 is 1.29 bits per heavy atom. The van der Waals surface area contributed by atoms with Crippen LogP contribution in [-0.4, -0.2) is 23.4 Å². The molecule has 0 bridgehead atoms. The fourth-order valence-corrected chi connectivity index (χ4v) is 2.75. The Kier molecular flexibility index (Phi) is 3.72. The number of benzene rings is 1. The largest absolute Gasteiger partial charge is 0.504 e. The van der Waals surface area contributed by atoms with Crippen molar-refractivity contribution in [3.63, 3.8) is 0 Å². The molecular weight excluding hydrogens is 305 g/mol. The zero-order chi connectivity index (χ0) is 15.6. The minimum absolute atomic E-state index is 0.420. The quantitative estimate of drug-likeness (QED) is 0.653. The summed E-state index contributed by atoms with van der Waals surface area (Å²) in [7, 11) is -4.49. The number of rotatable bonds is 4. The summed E-state index contributed by atoms with van der Waals surface area (Å²) in [5.74, 6) is -2.18. The number of nitro groups is 1. The molecule has 0 saturated carbocycles. The number of pyridine rings is 1. The predicted octanol–water partition coefficient (Wildman–Crippen LogP) is 1.64. The van der Waals surface area contributed by atoms with E-state index in [4.69, 9.17) is 0 Å². The van der Waals surface area contributed by atoms with E-state index in [1.54, 1.807) is 0 Å². The summed E-state index contributed by atoms with van der Waals surface area (Å²) in [6.45, 7) is 0. The molecular formula is C11H8FN3O5S. The number of aromatic hydroxyl groups is 1. The summed E-state index contributed by atoms with van der Waals surface area (Å²) >= 11 is 0. The van der Waals surface area contributed by atoms with Crippen molar-refractivity contribution in [2.75, 3.05) is 4.72 Å². The second-order valence-corrected chi connectivity index (χ2v) is 5.47. The van der Waals surface area contributed by atoms with Crippen LogP contribution in [0.25, 0.3) is 0 Å². The third-order valence-corrected chi connectivity index (χ3v) is 3.81. The van der Waals surface area contributed by atoms with Crippen LogP contribution in [0.1, 0.15) is 0 Å². The average molecular weight is 313 g/mol. The highest BCUT2D eigenvalue weighted by Gasteiger charge is 2.30. The summed E-state index contributed by atoms with van der Waals surface area (Å²) < 4.78 is 39.5. The Labute approximate surface area is 118 Å². The Hall–Kier alpha value is -2.75. The molecule has 0 aliphatic rings. The van der Waals surface area contributed by atoms with E-state index in [1.165, 1.54) is 18.3 Å². The lowest BCUT2D eigenvalue weighted by Gasteiger charge is -2.08. The van der Waals surface area contributed by atoms with Crippen LogP contribution >= 0.6 is 0 Å². The number of nitro benzene ring substituents is 1. The number of nitrogens with zero attached hydrogens (tertiary/aromatic N) is 2. The van der Waals surface area contributed by atoms with Crippen LogP contribution in [0.5, 0.6) is 5.75 Å². The number of hydrogen-bond donors (Lipinski definition) is 2. The molecule has 0 aliphatic carbocycles. The zero-order valence-corrected chi connectivity index (χ0v) is 11.0. The minimum Gasteiger partial charge on any atom is -0.504 e. The van der Waals surface area contributed by atoms with Gasteiger partial charge in [-0.15, -0.1) is 0 Å². The minimum atomic E-state index is -4.49. The van der Waals surface area contributed by atoms with Gasteiger partial charge in [0.2, 0.25) is 5.82 Å². The van der Waals surface area contributed by atoms with Gasteiger partial charge < -0.3 is 5.11 Å². The van der Waals surface area contributed by atoms with Gasteiger partial charge >= 0.3 is 5.69 Å². The van der Waals surface area contributed by atoms with E-state index in [0.29, 0.717) is 0 Å². The molecule has 2 rings (SSSR count). The molecule has 1 aromatic carbocycles. The first-order chi connectivity index (χ1) is 9.83. The summed E-state index contributed by atoms with van der Waals surface area (Å²) in [6.07, 6.45) is 1.21. The second kappa shape index (κ2) is 5.32. The second-order valence-electron chi connectivity index (χ2n) is 3.82. The van der Waals surface area contributed by atoms with Gasteiger partial charge in [-0.2, -0.15) is 4.39 Å². The first-order valence-electron chi connectivity index (χ1n) is 5.42. The van der Waals surface area contributed by atoms with E-state index in [9.17, 15) is 28.0 Å². The molecule has 1 aromatic heterocycles. The van der Waals surface area contributed by atoms with Gasteiger partial charge in [0.1, 0.15) is 0 Å². The number of nitrogens with one attached hydrogen (secondary N) is 1. The molecule has 0 unspecified atom stereocenters. The van der Waals surface area contributed by atoms with Crippen molar-refractivity contribution in [3.05, 3.63) is 52.5 Å². The van der Waals surface area contributed by atoms with E-state index in [1.807, 2.05) is 4.72 Å². The molecule has 1 heterocycles. The van der Waals surface area contributed by atoms with Gasteiger partial charge in [0.15, 0.2) is 16.5 Å². The molecule has 0 aliphatic heterocycles. The number of aromatic nitrogens is 1. The Morgan fingerprint density at radius 3 is 2.62 bits per heavy atom. The molecule has 2 aromatic rings. The highest BCUT2D eigenvalue weighted by molar-refractivity contribution is 7.92. The number of anilines is 1. The van der Waals surface area contributed by atoms with Crippen molar-refractivity contribution in [1.82, 2.24) is 4.98 Å². The lowest BCUT2D eigenvalue weighted by atomic mass is 10.3. The fraction of sp³-hybridized carbons (Fsp3) is 0. The van der Waals surface area contributed by atoms with Crippen LogP contribution in [0.2, 0.25) is 0 Å². The lowest BCUT2D eigenvalue weighted by Crippen LogP contribution is -2.16. The van der Waals surface area contributed by atoms with Gasteiger partial charge in [-0.05, 0) is 24.3 Å². The van der Waals surface area contributed by atoms with E-state index in [2.05, 4.69) is 4.98 Å². The number of para-hydroxylation sites is 1. The molecule has 0 radical (unpaired) electrons. The van der Waals surface area contributed by atoms with Crippen LogP contribution in [0.3, 0.4) is 0 Å². The van der Waals surface area contributed by atoms with Gasteiger partial charge in [-0.3, -0.25) is 14.8 Å². The molecule has 0 atom stereocenters. The average Bonchev–Trinajstić information content (AvgIpc) is 2.40. The Balaban J connectivity index is 2.53. The summed E-state index contributed by atoms with van der Waals surface area (Å²) in [4.78, 5) is 12.4. The van der Waals surface area contributed by atoms with Crippen molar-refractivity contribution in [2.45, 2.75) is 4.90 Å². The van der Waals surface area contributed by atoms with E-state index >= 15 is 0 Å². The summed E-state index contributed by atoms with van der Waals surface area (Å²) in [6, 6.07) is 5.21. The molecule has 2 N–H and O–H groups in total. The van der Waals surface area contributed by atoms with Gasteiger partial charge in [-0.25, -0.2) is 13.4 Å². The van der Waals surface area contributed by atoms with Crippen LogP contribution in [0.4, 0.5) is 15.9 Å². The van der Waals surface area contributed by atoms with E-state index in [0.717, 1.165) is 18.2 Å². The maximum atomic E-state index is 13.5. The SMILES string of the molecule is O=[N+]([O-])c1c(F)cccc1S(=O)(=O)Nc1ncccc1O. The molecule has 0 fully saturated rings. The standard InChI is InChI=1S/C11H8FN3O5S/c12-7-3-1-5-9(10(7)15(17)18)21(19,20)14-11-8(16)4-2-6-13-11/h1-6,16H,(H,13,14). The monoisotopic (exact) mass is 313 g/mol. The third kappa shape index (κ3) is 2.89. The molecule has 0 amide bonds. The predicted molar refractivity (Wildman–Crippen MR) is 69.8 cm³/mol. The Bertz CT molecular complexity index is 809. The van der Waals surface area contributed by atoms with E-state index in [-0.39, 0.29) is 0 Å². The van der Waals surface area contributed by atoms with Crippen molar-refractivity contribution in [2.24, 2.45) is 0 Å². The molecule has 0 saturated heterocycles. The zero-order valence-electron chi connectivity index (χ0n) is 10.2. The smallest absolute Gasteiger partial charge is 0.325 e. The summed E-state index contributed by atoms with van der Waals surface area (Å²) in [5.41, 5.74) is -1.18. The summed E-state index contributed by atoms with van der Waals surface area (Å²) in [5, 5.41) is 20.3. The third-order valence-electron chi connectivity index (χ3n) is 2.44. The highest BCUT2D eigenvalue weighted by atomic mass is 32.2. The maximum absolute atomic E-state index is 13.5. The van der Waals surface area contributed by atoms with E-state index < -0.39 is 42.9 Å². The first kappa shape index (κ1) is 14.7. The number of hydrogen-bond acceptors (Lipinski definition) is 6. The normalized spacial score (nSPS) is 11.1. The Morgan fingerprint density at radius 2 is 2.00 bits per heavy atom. The van der Waals surface area contributed by atoms with Gasteiger partial charge in [0.25, 0.3) is 10.0 Å². The van der Waals surface area contributed by atoms with Crippen LogP contribution < -0.4 is 4.72 Å². The lowest BCUT2D eigenvalue weighted by molar-refractivity contribution is -0.390. The number of halogens is 1. The molecule has 8 nitrogen and oxygen atoms in total. The fourth-order valence-electron chi connectivity index (χ4n) is 1.55. The van der Waals surface area contributed by atoms with Crippen LogP contribution in [0, 0.1) is 15.9 Å². The van der Waals surface area contributed by atoms with Crippen LogP contribution in [0.15, 0.2) is 41.4 Å². The molecule has 0 spiro atoms. The van der Waals surface area contributed by atoms with Gasteiger partial charge in [-0.1, -0.05) is 6.07 Å². The highest BCUT2D eigenvalue weighted by Crippen LogP contribution is 2.29. The first-order valence-corrected chi connectivity index (χ1v) is 6.91. The van der Waals surface area contributed by atoms with Gasteiger partial charge in [0.05, 0.1) is 4.92 Å². The molecule has 10 heteroatoms.